The minimum Gasteiger partial charge on any atom is -0.481 e. The van der Waals surface area contributed by atoms with Crippen molar-refractivity contribution in [2.75, 3.05) is 6.54 Å². The highest BCUT2D eigenvalue weighted by atomic mass is 35.5. The summed E-state index contributed by atoms with van der Waals surface area (Å²) in [5.74, 6) is -1.25. The second-order valence-electron chi connectivity index (χ2n) is 10.3. The van der Waals surface area contributed by atoms with Gasteiger partial charge in [-0.25, -0.2) is 0 Å². The Balaban J connectivity index is 1.49. The van der Waals surface area contributed by atoms with Gasteiger partial charge in [-0.15, -0.1) is 0 Å². The molecule has 1 atom stereocenters. The predicted molar refractivity (Wildman–Crippen MR) is 158 cm³/mol. The SMILES string of the molecule is O=C(O)CCNC(=O)c1ccc(CC(C(=O)NCc2ccc(Cl)c(Cl)c2)c2ccc(C3CCCCC3)cc2)cc1. The van der Waals surface area contributed by atoms with Gasteiger partial charge in [0.25, 0.3) is 5.91 Å². The number of carboxylic acids is 1. The van der Waals surface area contributed by atoms with Crippen LogP contribution in [0.15, 0.2) is 66.7 Å². The van der Waals surface area contributed by atoms with Crippen molar-refractivity contribution in [3.63, 3.8) is 0 Å². The smallest absolute Gasteiger partial charge is 0.305 e. The molecule has 3 aromatic rings. The summed E-state index contributed by atoms with van der Waals surface area (Å²) in [4.78, 5) is 36.6. The van der Waals surface area contributed by atoms with Gasteiger partial charge in [0.15, 0.2) is 0 Å². The standard InChI is InChI=1S/C32H34Cl2N2O4/c33-28-15-8-22(19-29(28)34)20-36-32(40)27(25-13-11-24(12-14-25)23-4-2-1-3-5-23)18-21-6-9-26(10-7-21)31(39)35-17-16-30(37)38/h6-15,19,23,27H,1-5,16-18,20H2,(H,35,39)(H,36,40)(H,37,38). The maximum absolute atomic E-state index is 13.5. The molecule has 3 aromatic carbocycles. The summed E-state index contributed by atoms with van der Waals surface area (Å²) in [6.45, 7) is 0.385. The first-order valence-electron chi connectivity index (χ1n) is 13.7. The van der Waals surface area contributed by atoms with E-state index in [1.165, 1.54) is 37.7 Å². The normalized spacial score (nSPS) is 14.3. The lowest BCUT2D eigenvalue weighted by Gasteiger charge is -2.23. The van der Waals surface area contributed by atoms with E-state index in [1.807, 2.05) is 18.2 Å². The average molecular weight is 582 g/mol. The van der Waals surface area contributed by atoms with Gasteiger partial charge in [0, 0.05) is 18.7 Å². The molecule has 40 heavy (non-hydrogen) atoms. The molecule has 0 radical (unpaired) electrons. The van der Waals surface area contributed by atoms with E-state index >= 15 is 0 Å². The van der Waals surface area contributed by atoms with Gasteiger partial charge in [-0.2, -0.15) is 0 Å². The number of halogens is 2. The van der Waals surface area contributed by atoms with E-state index in [4.69, 9.17) is 28.3 Å². The molecule has 6 nitrogen and oxygen atoms in total. The largest absolute Gasteiger partial charge is 0.481 e. The summed E-state index contributed by atoms with van der Waals surface area (Å²) in [6, 6.07) is 20.8. The monoisotopic (exact) mass is 580 g/mol. The first kappa shape index (κ1) is 29.6. The highest BCUT2D eigenvalue weighted by Crippen LogP contribution is 2.33. The van der Waals surface area contributed by atoms with Crippen LogP contribution >= 0.6 is 23.2 Å². The van der Waals surface area contributed by atoms with Crippen LogP contribution in [0.1, 0.15) is 83.0 Å². The first-order chi connectivity index (χ1) is 19.3. The second kappa shape index (κ2) is 14.3. The maximum atomic E-state index is 13.5. The molecule has 0 aliphatic heterocycles. The molecule has 4 rings (SSSR count). The quantitative estimate of drug-likeness (QED) is 0.230. The minimum absolute atomic E-state index is 0.0633. The Morgan fingerprint density at radius 2 is 1.50 bits per heavy atom. The van der Waals surface area contributed by atoms with Crippen molar-refractivity contribution in [2.24, 2.45) is 0 Å². The molecular formula is C32H34Cl2N2O4. The van der Waals surface area contributed by atoms with Crippen molar-refractivity contribution in [1.29, 1.82) is 0 Å². The zero-order valence-corrected chi connectivity index (χ0v) is 23.8. The average Bonchev–Trinajstić information content (AvgIpc) is 2.97. The van der Waals surface area contributed by atoms with Crippen molar-refractivity contribution >= 4 is 41.0 Å². The molecule has 1 aliphatic carbocycles. The van der Waals surface area contributed by atoms with Crippen LogP contribution in [0.25, 0.3) is 0 Å². The van der Waals surface area contributed by atoms with Crippen LogP contribution in [-0.2, 0) is 22.6 Å². The van der Waals surface area contributed by atoms with Gasteiger partial charge in [0.05, 0.1) is 22.4 Å². The van der Waals surface area contributed by atoms with Gasteiger partial charge in [0.2, 0.25) is 5.91 Å². The van der Waals surface area contributed by atoms with Gasteiger partial charge >= 0.3 is 5.97 Å². The molecule has 0 bridgehead atoms. The third-order valence-electron chi connectivity index (χ3n) is 7.46. The molecular weight excluding hydrogens is 547 g/mol. The fourth-order valence-electron chi connectivity index (χ4n) is 5.17. The fraction of sp³-hybridized carbons (Fsp3) is 0.344. The summed E-state index contributed by atoms with van der Waals surface area (Å²) in [6.07, 6.45) is 6.57. The number of rotatable bonds is 11. The van der Waals surface area contributed by atoms with E-state index in [-0.39, 0.29) is 24.8 Å². The van der Waals surface area contributed by atoms with Crippen LogP contribution in [0.4, 0.5) is 0 Å². The topological polar surface area (TPSA) is 95.5 Å². The molecule has 3 N–H and O–H groups in total. The van der Waals surface area contributed by atoms with Gasteiger partial charge in [-0.05, 0) is 71.7 Å². The Labute approximate surface area is 245 Å². The molecule has 0 spiro atoms. The van der Waals surface area contributed by atoms with Crippen molar-refractivity contribution in [2.45, 2.75) is 63.3 Å². The summed E-state index contributed by atoms with van der Waals surface area (Å²) in [5, 5.41) is 15.3. The van der Waals surface area contributed by atoms with Crippen LogP contribution in [-0.4, -0.2) is 29.4 Å². The molecule has 1 aliphatic rings. The van der Waals surface area contributed by atoms with E-state index in [0.29, 0.717) is 34.5 Å². The van der Waals surface area contributed by atoms with Crippen LogP contribution in [0.5, 0.6) is 0 Å². The highest BCUT2D eigenvalue weighted by molar-refractivity contribution is 6.42. The lowest BCUT2D eigenvalue weighted by molar-refractivity contribution is -0.136. The summed E-state index contributed by atoms with van der Waals surface area (Å²) in [7, 11) is 0. The zero-order valence-electron chi connectivity index (χ0n) is 22.3. The molecule has 1 unspecified atom stereocenters. The highest BCUT2D eigenvalue weighted by Gasteiger charge is 2.23. The van der Waals surface area contributed by atoms with Crippen molar-refractivity contribution in [1.82, 2.24) is 10.6 Å². The van der Waals surface area contributed by atoms with Crippen LogP contribution in [0, 0.1) is 0 Å². The molecule has 0 aromatic heterocycles. The lowest BCUT2D eigenvalue weighted by atomic mass is 9.83. The number of aliphatic carboxylic acids is 1. The summed E-state index contributed by atoms with van der Waals surface area (Å²) >= 11 is 12.2. The summed E-state index contributed by atoms with van der Waals surface area (Å²) < 4.78 is 0. The number of carboxylic acid groups (broad SMARTS) is 1. The Kier molecular flexibility index (Phi) is 10.6. The molecule has 0 heterocycles. The number of nitrogens with one attached hydrogen (secondary N) is 2. The molecule has 1 saturated carbocycles. The molecule has 0 saturated heterocycles. The fourth-order valence-corrected chi connectivity index (χ4v) is 5.49. The number of carbonyl (C=O) groups is 3. The van der Waals surface area contributed by atoms with Crippen molar-refractivity contribution in [3.8, 4) is 0 Å². The van der Waals surface area contributed by atoms with E-state index in [1.54, 1.807) is 24.3 Å². The Morgan fingerprint density at radius 3 is 2.15 bits per heavy atom. The van der Waals surface area contributed by atoms with Crippen LogP contribution < -0.4 is 10.6 Å². The van der Waals surface area contributed by atoms with E-state index in [0.717, 1.165) is 16.7 Å². The maximum Gasteiger partial charge on any atom is 0.305 e. The van der Waals surface area contributed by atoms with Gasteiger partial charge in [-0.1, -0.05) is 84.9 Å². The first-order valence-corrected chi connectivity index (χ1v) is 14.5. The number of amides is 2. The van der Waals surface area contributed by atoms with Crippen molar-refractivity contribution in [3.05, 3.63) is 105 Å². The third-order valence-corrected chi connectivity index (χ3v) is 8.20. The predicted octanol–water partition coefficient (Wildman–Crippen LogP) is 6.89. The number of hydrogen-bond acceptors (Lipinski definition) is 3. The van der Waals surface area contributed by atoms with Crippen LogP contribution in [0.2, 0.25) is 10.0 Å². The molecule has 8 heteroatoms. The zero-order chi connectivity index (χ0) is 28.5. The van der Waals surface area contributed by atoms with E-state index in [2.05, 4.69) is 34.9 Å². The Bertz CT molecular complexity index is 1320. The molecule has 1 fully saturated rings. The van der Waals surface area contributed by atoms with E-state index < -0.39 is 11.9 Å². The number of benzene rings is 3. The minimum atomic E-state index is -0.967. The third kappa shape index (κ3) is 8.33. The second-order valence-corrected chi connectivity index (χ2v) is 11.1. The number of carbonyl (C=O) groups excluding carboxylic acids is 2. The summed E-state index contributed by atoms with van der Waals surface area (Å²) in [5.41, 5.74) is 4.46. The van der Waals surface area contributed by atoms with Gasteiger partial charge in [-0.3, -0.25) is 14.4 Å². The Morgan fingerprint density at radius 1 is 0.825 bits per heavy atom. The lowest BCUT2D eigenvalue weighted by Crippen LogP contribution is -2.30. The van der Waals surface area contributed by atoms with Gasteiger partial charge in [0.1, 0.15) is 0 Å². The number of hydrogen-bond donors (Lipinski definition) is 3. The van der Waals surface area contributed by atoms with Crippen LogP contribution in [0.3, 0.4) is 0 Å². The van der Waals surface area contributed by atoms with E-state index in [9.17, 15) is 14.4 Å². The van der Waals surface area contributed by atoms with Gasteiger partial charge < -0.3 is 15.7 Å². The Hall–Kier alpha value is -3.35. The molecule has 2 amide bonds. The molecule has 210 valence electrons. The van der Waals surface area contributed by atoms with Crippen molar-refractivity contribution < 1.29 is 19.5 Å².